The first-order chi connectivity index (χ1) is 12.5. The van der Waals surface area contributed by atoms with Gasteiger partial charge in [-0.2, -0.15) is 0 Å². The van der Waals surface area contributed by atoms with Crippen LogP contribution in [-0.2, 0) is 19.1 Å². The van der Waals surface area contributed by atoms with E-state index in [4.69, 9.17) is 9.47 Å². The molecule has 0 N–H and O–H groups in total. The van der Waals surface area contributed by atoms with Gasteiger partial charge in [-0.15, -0.1) is 47.0 Å². The molecule has 4 nitrogen and oxygen atoms in total. The van der Waals surface area contributed by atoms with Crippen molar-refractivity contribution in [2.45, 2.75) is 47.7 Å². The summed E-state index contributed by atoms with van der Waals surface area (Å²) in [4.78, 5) is 26.6. The van der Waals surface area contributed by atoms with Gasteiger partial charge in [0.25, 0.3) is 0 Å². The number of esters is 2. The molecule has 5 aliphatic rings. The normalized spacial score (nSPS) is 36.5. The van der Waals surface area contributed by atoms with E-state index in [0.29, 0.717) is 13.2 Å². The van der Waals surface area contributed by atoms with E-state index in [9.17, 15) is 9.59 Å². The molecular weight excluding hydrogens is 408 g/mol. The van der Waals surface area contributed by atoms with E-state index < -0.39 is 10.8 Å². The Bertz CT molecular complexity index is 548. The van der Waals surface area contributed by atoms with Crippen LogP contribution in [0.15, 0.2) is 0 Å². The van der Waals surface area contributed by atoms with E-state index in [-0.39, 0.29) is 20.1 Å². The van der Waals surface area contributed by atoms with Crippen LogP contribution >= 0.6 is 47.0 Å². The molecule has 5 rings (SSSR count). The lowest BCUT2D eigenvalue weighted by Crippen LogP contribution is -2.69. The Kier molecular flexibility index (Phi) is 5.28. The summed E-state index contributed by atoms with van der Waals surface area (Å²) in [5, 5.41) is 0. The first-order valence-corrected chi connectivity index (χ1v) is 13.3. The van der Waals surface area contributed by atoms with Crippen molar-refractivity contribution >= 4 is 59.0 Å². The summed E-state index contributed by atoms with van der Waals surface area (Å²) in [7, 11) is 0. The molecule has 0 radical (unpaired) electrons. The highest BCUT2D eigenvalue weighted by Crippen LogP contribution is 2.79. The fraction of sp³-hybridized carbons (Fsp3) is 0.889. The maximum Gasteiger partial charge on any atom is 0.314 e. The minimum atomic E-state index is -0.479. The second-order valence-corrected chi connectivity index (χ2v) is 13.5. The van der Waals surface area contributed by atoms with Crippen LogP contribution in [0.5, 0.6) is 0 Å². The molecule has 2 heterocycles. The van der Waals surface area contributed by atoms with Crippen LogP contribution in [-0.4, -0.2) is 56.3 Å². The quantitative estimate of drug-likeness (QED) is 0.615. The number of hydrogen-bond acceptors (Lipinski definition) is 8. The topological polar surface area (TPSA) is 52.6 Å². The van der Waals surface area contributed by atoms with Crippen molar-refractivity contribution in [1.82, 2.24) is 0 Å². The summed E-state index contributed by atoms with van der Waals surface area (Å²) in [5.74, 6) is 4.09. The second-order valence-electron chi connectivity index (χ2n) is 7.36. The third-order valence-electron chi connectivity index (χ3n) is 6.35. The van der Waals surface area contributed by atoms with Gasteiger partial charge in [-0.3, -0.25) is 9.59 Å². The molecule has 2 atom stereocenters. The summed E-state index contributed by atoms with van der Waals surface area (Å²) in [6.45, 7) is 4.61. The van der Waals surface area contributed by atoms with E-state index in [0.717, 1.165) is 48.7 Å². The summed E-state index contributed by atoms with van der Waals surface area (Å²) in [6.07, 6.45) is 2.97. The van der Waals surface area contributed by atoms with Crippen LogP contribution in [0.2, 0.25) is 0 Å². The van der Waals surface area contributed by atoms with Gasteiger partial charge in [-0.25, -0.2) is 0 Å². The van der Waals surface area contributed by atoms with Crippen LogP contribution in [0.1, 0.15) is 39.5 Å². The van der Waals surface area contributed by atoms with Gasteiger partial charge < -0.3 is 9.47 Å². The molecule has 8 heteroatoms. The number of rotatable bonds is 4. The maximum atomic E-state index is 13.3. The van der Waals surface area contributed by atoms with Gasteiger partial charge in [0.15, 0.2) is 0 Å². The van der Waals surface area contributed by atoms with Crippen LogP contribution in [0.3, 0.4) is 0 Å². The highest BCUT2D eigenvalue weighted by molar-refractivity contribution is 8.22. The van der Waals surface area contributed by atoms with E-state index >= 15 is 0 Å². The van der Waals surface area contributed by atoms with Gasteiger partial charge in [-0.1, -0.05) is 0 Å². The number of hydrogen-bond donors (Lipinski definition) is 0. The molecule has 2 bridgehead atoms. The predicted molar refractivity (Wildman–Crippen MR) is 112 cm³/mol. The molecule has 5 fully saturated rings. The minimum absolute atomic E-state index is 0.0356. The Morgan fingerprint density at radius 3 is 1.38 bits per heavy atom. The van der Waals surface area contributed by atoms with Crippen molar-refractivity contribution in [2.24, 2.45) is 10.8 Å². The van der Waals surface area contributed by atoms with Crippen molar-refractivity contribution in [1.29, 1.82) is 0 Å². The Morgan fingerprint density at radius 2 is 1.08 bits per heavy atom. The van der Waals surface area contributed by atoms with Gasteiger partial charge in [-0.05, 0) is 39.5 Å². The highest BCUT2D eigenvalue weighted by atomic mass is 32.2. The SMILES string of the molecule is CCOC(=O)C12CCC(C(=O)OCC)(CC13SCCS3)C1(C2)SCCS1. The Hall–Kier alpha value is 0.340. The molecule has 3 aliphatic carbocycles. The molecule has 26 heavy (non-hydrogen) atoms. The summed E-state index contributed by atoms with van der Waals surface area (Å²) >= 11 is 7.58. The van der Waals surface area contributed by atoms with Crippen molar-refractivity contribution in [3.63, 3.8) is 0 Å². The fourth-order valence-corrected chi connectivity index (χ4v) is 13.1. The third-order valence-corrected chi connectivity index (χ3v) is 13.9. The zero-order valence-corrected chi connectivity index (χ0v) is 18.6. The van der Waals surface area contributed by atoms with Crippen molar-refractivity contribution in [3.05, 3.63) is 0 Å². The first kappa shape index (κ1) is 19.6. The minimum Gasteiger partial charge on any atom is -0.465 e. The van der Waals surface area contributed by atoms with Gasteiger partial charge >= 0.3 is 11.9 Å². The lowest BCUT2D eigenvalue weighted by atomic mass is 9.52. The summed E-state index contributed by atoms with van der Waals surface area (Å²) < 4.78 is 10.8. The molecule has 3 saturated carbocycles. The molecule has 0 amide bonds. The zero-order chi connectivity index (χ0) is 18.5. The van der Waals surface area contributed by atoms with Gasteiger partial charge in [0.1, 0.15) is 0 Å². The molecule has 0 aromatic heterocycles. The van der Waals surface area contributed by atoms with Crippen molar-refractivity contribution in [3.8, 4) is 0 Å². The van der Waals surface area contributed by atoms with Crippen LogP contribution < -0.4 is 0 Å². The van der Waals surface area contributed by atoms with Crippen LogP contribution in [0.4, 0.5) is 0 Å². The van der Waals surface area contributed by atoms with Gasteiger partial charge in [0.05, 0.1) is 32.2 Å². The highest BCUT2D eigenvalue weighted by Gasteiger charge is 2.78. The third kappa shape index (κ3) is 2.47. The predicted octanol–water partition coefficient (Wildman–Crippen LogP) is 4.03. The fourth-order valence-electron chi connectivity index (χ4n) is 5.25. The van der Waals surface area contributed by atoms with E-state index in [2.05, 4.69) is 0 Å². The summed E-state index contributed by atoms with van der Waals surface area (Å²) in [5.41, 5.74) is -0.957. The molecule has 2 unspecified atom stereocenters. The molecular formula is C18H26O4S4. The lowest BCUT2D eigenvalue weighted by molar-refractivity contribution is -0.178. The monoisotopic (exact) mass is 434 g/mol. The maximum absolute atomic E-state index is 13.3. The molecule has 0 aromatic carbocycles. The van der Waals surface area contributed by atoms with Gasteiger partial charge in [0, 0.05) is 23.0 Å². The van der Waals surface area contributed by atoms with Crippen LogP contribution in [0, 0.1) is 10.8 Å². The van der Waals surface area contributed by atoms with Gasteiger partial charge in [0.2, 0.25) is 0 Å². The summed E-state index contributed by atoms with van der Waals surface area (Å²) in [6, 6.07) is 0. The Balaban J connectivity index is 1.82. The number of fused-ring (bicyclic) bond motifs is 1. The zero-order valence-electron chi connectivity index (χ0n) is 15.3. The Morgan fingerprint density at radius 1 is 0.731 bits per heavy atom. The second kappa shape index (κ2) is 6.99. The van der Waals surface area contributed by atoms with E-state index in [1.165, 1.54) is 0 Å². The van der Waals surface area contributed by atoms with E-state index in [1.54, 1.807) is 0 Å². The standard InChI is InChI=1S/C18H26O4S4/c1-3-21-13(19)15-5-6-16(14(20)22-4-2,12-17(15)23-7-8-24-17)18(11-15)25-9-10-26-18/h3-12H2,1-2H3. The molecule has 146 valence electrons. The number of thioether (sulfide) groups is 4. The number of ether oxygens (including phenoxy) is 2. The smallest absolute Gasteiger partial charge is 0.314 e. The first-order valence-electron chi connectivity index (χ1n) is 9.40. The Labute approximate surface area is 172 Å². The van der Waals surface area contributed by atoms with Crippen molar-refractivity contribution in [2.75, 3.05) is 36.2 Å². The molecule has 2 saturated heterocycles. The average molecular weight is 435 g/mol. The molecule has 2 aliphatic heterocycles. The largest absolute Gasteiger partial charge is 0.465 e. The van der Waals surface area contributed by atoms with Crippen LogP contribution in [0.25, 0.3) is 0 Å². The van der Waals surface area contributed by atoms with Crippen molar-refractivity contribution < 1.29 is 19.1 Å². The number of carbonyl (C=O) groups is 2. The lowest BCUT2D eigenvalue weighted by Gasteiger charge is -2.65. The molecule has 2 spiro atoms. The van der Waals surface area contributed by atoms with E-state index in [1.807, 2.05) is 60.9 Å². The average Bonchev–Trinajstić information content (AvgIpc) is 3.28. The number of carbonyl (C=O) groups excluding carboxylic acids is 2. The molecule has 0 aromatic rings.